The standard InChI is InChI=1S/C18H21BrFN/c1-3-21-12-16(15-5-4-6-17(19)11-15)10-14-7-8-18(20)9-13(14)2/h4-9,11,16,21H,3,10,12H2,1-2H3. The molecule has 0 bridgehead atoms. The molecule has 0 spiro atoms. The molecule has 1 unspecified atom stereocenters. The van der Waals surface area contributed by atoms with Crippen molar-refractivity contribution in [2.24, 2.45) is 0 Å². The van der Waals surface area contributed by atoms with E-state index in [2.05, 4.69) is 46.4 Å². The van der Waals surface area contributed by atoms with Gasteiger partial charge in [-0.1, -0.05) is 41.1 Å². The van der Waals surface area contributed by atoms with Gasteiger partial charge in [0.25, 0.3) is 0 Å². The van der Waals surface area contributed by atoms with Gasteiger partial charge in [-0.2, -0.15) is 0 Å². The Morgan fingerprint density at radius 1 is 1.19 bits per heavy atom. The summed E-state index contributed by atoms with van der Waals surface area (Å²) in [7, 11) is 0. The third-order valence-electron chi connectivity index (χ3n) is 3.73. The van der Waals surface area contributed by atoms with E-state index in [4.69, 9.17) is 0 Å². The van der Waals surface area contributed by atoms with Crippen LogP contribution in [0.1, 0.15) is 29.5 Å². The highest BCUT2D eigenvalue weighted by molar-refractivity contribution is 9.10. The summed E-state index contributed by atoms with van der Waals surface area (Å²) in [6.07, 6.45) is 0.912. The van der Waals surface area contributed by atoms with E-state index < -0.39 is 0 Å². The Kier molecular flexibility index (Phi) is 5.95. The molecule has 0 aliphatic carbocycles. The summed E-state index contributed by atoms with van der Waals surface area (Å²) in [4.78, 5) is 0. The number of aryl methyl sites for hydroxylation is 1. The first kappa shape index (κ1) is 16.2. The van der Waals surface area contributed by atoms with Crippen molar-refractivity contribution in [3.8, 4) is 0 Å². The van der Waals surface area contributed by atoms with Gasteiger partial charge < -0.3 is 5.32 Å². The first-order chi connectivity index (χ1) is 10.1. The molecule has 1 nitrogen and oxygen atoms in total. The lowest BCUT2D eigenvalue weighted by atomic mass is 9.90. The number of rotatable bonds is 6. The smallest absolute Gasteiger partial charge is 0.123 e. The van der Waals surface area contributed by atoms with Crippen molar-refractivity contribution < 1.29 is 4.39 Å². The third-order valence-corrected chi connectivity index (χ3v) is 4.23. The second-order valence-electron chi connectivity index (χ2n) is 5.33. The fourth-order valence-corrected chi connectivity index (χ4v) is 2.96. The van der Waals surface area contributed by atoms with Crippen LogP contribution in [0.15, 0.2) is 46.9 Å². The Bertz CT molecular complexity index is 598. The molecule has 21 heavy (non-hydrogen) atoms. The molecule has 0 aromatic heterocycles. The number of hydrogen-bond acceptors (Lipinski definition) is 1. The summed E-state index contributed by atoms with van der Waals surface area (Å²) in [5.41, 5.74) is 3.53. The van der Waals surface area contributed by atoms with Crippen LogP contribution in [0, 0.1) is 12.7 Å². The Hall–Kier alpha value is -1.19. The average molecular weight is 350 g/mol. The van der Waals surface area contributed by atoms with Gasteiger partial charge in [-0.3, -0.25) is 0 Å². The van der Waals surface area contributed by atoms with Gasteiger partial charge in [0.2, 0.25) is 0 Å². The van der Waals surface area contributed by atoms with Crippen LogP contribution in [0.3, 0.4) is 0 Å². The first-order valence-electron chi connectivity index (χ1n) is 7.31. The van der Waals surface area contributed by atoms with Gasteiger partial charge in [0.05, 0.1) is 0 Å². The summed E-state index contributed by atoms with van der Waals surface area (Å²) >= 11 is 3.54. The first-order valence-corrected chi connectivity index (χ1v) is 8.10. The van der Waals surface area contributed by atoms with Gasteiger partial charge in [0.15, 0.2) is 0 Å². The molecule has 2 aromatic carbocycles. The topological polar surface area (TPSA) is 12.0 Å². The molecule has 0 amide bonds. The number of likely N-dealkylation sites (N-methyl/N-ethyl adjacent to an activating group) is 1. The minimum Gasteiger partial charge on any atom is -0.316 e. The summed E-state index contributed by atoms with van der Waals surface area (Å²) in [6, 6.07) is 13.5. The Balaban J connectivity index is 2.23. The summed E-state index contributed by atoms with van der Waals surface area (Å²) in [5.74, 6) is 0.216. The molecular weight excluding hydrogens is 329 g/mol. The lowest BCUT2D eigenvalue weighted by molar-refractivity contribution is 0.590. The molecule has 2 aromatic rings. The molecule has 0 aliphatic rings. The van der Waals surface area contributed by atoms with E-state index in [9.17, 15) is 4.39 Å². The van der Waals surface area contributed by atoms with Crippen LogP contribution in [0.4, 0.5) is 4.39 Å². The van der Waals surface area contributed by atoms with Crippen molar-refractivity contribution >= 4 is 15.9 Å². The van der Waals surface area contributed by atoms with E-state index in [1.54, 1.807) is 12.1 Å². The fourth-order valence-electron chi connectivity index (χ4n) is 2.54. The maximum absolute atomic E-state index is 13.2. The van der Waals surface area contributed by atoms with Crippen molar-refractivity contribution in [2.75, 3.05) is 13.1 Å². The zero-order valence-electron chi connectivity index (χ0n) is 12.5. The molecule has 0 fully saturated rings. The molecule has 112 valence electrons. The number of nitrogens with one attached hydrogen (secondary N) is 1. The zero-order valence-corrected chi connectivity index (χ0v) is 14.1. The van der Waals surface area contributed by atoms with Gasteiger partial charge >= 0.3 is 0 Å². The number of hydrogen-bond donors (Lipinski definition) is 1. The van der Waals surface area contributed by atoms with Crippen LogP contribution in [0.25, 0.3) is 0 Å². The Morgan fingerprint density at radius 3 is 2.67 bits per heavy atom. The van der Waals surface area contributed by atoms with Gasteiger partial charge in [0.1, 0.15) is 5.82 Å². The quantitative estimate of drug-likeness (QED) is 0.787. The van der Waals surface area contributed by atoms with Gasteiger partial charge in [0, 0.05) is 16.9 Å². The summed E-state index contributed by atoms with van der Waals surface area (Å²) in [6.45, 7) is 5.96. The van der Waals surface area contributed by atoms with Gasteiger partial charge in [-0.05, 0) is 60.8 Å². The molecule has 1 N–H and O–H groups in total. The average Bonchev–Trinajstić information content (AvgIpc) is 2.45. The van der Waals surface area contributed by atoms with Crippen LogP contribution in [0.2, 0.25) is 0 Å². The minimum absolute atomic E-state index is 0.165. The lowest BCUT2D eigenvalue weighted by Gasteiger charge is -2.19. The molecule has 0 saturated heterocycles. The van der Waals surface area contributed by atoms with E-state index in [0.29, 0.717) is 5.92 Å². The van der Waals surface area contributed by atoms with Crippen molar-refractivity contribution in [1.29, 1.82) is 0 Å². The second kappa shape index (κ2) is 7.71. The normalized spacial score (nSPS) is 12.4. The molecule has 0 saturated carbocycles. The van der Waals surface area contributed by atoms with Crippen LogP contribution in [-0.4, -0.2) is 13.1 Å². The SMILES string of the molecule is CCNCC(Cc1ccc(F)cc1C)c1cccc(Br)c1. The van der Waals surface area contributed by atoms with Crippen molar-refractivity contribution in [3.05, 3.63) is 69.4 Å². The van der Waals surface area contributed by atoms with Crippen LogP contribution in [0.5, 0.6) is 0 Å². The Labute approximate surface area is 134 Å². The molecule has 1 atom stereocenters. The molecule has 3 heteroatoms. The van der Waals surface area contributed by atoms with Crippen molar-refractivity contribution in [3.63, 3.8) is 0 Å². The van der Waals surface area contributed by atoms with Gasteiger partial charge in [-0.25, -0.2) is 4.39 Å². The minimum atomic E-state index is -0.165. The van der Waals surface area contributed by atoms with Crippen LogP contribution >= 0.6 is 15.9 Å². The highest BCUT2D eigenvalue weighted by atomic mass is 79.9. The summed E-state index contributed by atoms with van der Waals surface area (Å²) in [5, 5.41) is 3.43. The largest absolute Gasteiger partial charge is 0.316 e. The van der Waals surface area contributed by atoms with E-state index in [0.717, 1.165) is 29.5 Å². The highest BCUT2D eigenvalue weighted by Crippen LogP contribution is 2.25. The monoisotopic (exact) mass is 349 g/mol. The summed E-state index contributed by atoms with van der Waals surface area (Å²) < 4.78 is 14.3. The van der Waals surface area contributed by atoms with Crippen LogP contribution in [-0.2, 0) is 6.42 Å². The van der Waals surface area contributed by atoms with Crippen molar-refractivity contribution in [2.45, 2.75) is 26.2 Å². The van der Waals surface area contributed by atoms with Crippen molar-refractivity contribution in [1.82, 2.24) is 5.32 Å². The molecule has 0 aliphatic heterocycles. The number of benzene rings is 2. The lowest BCUT2D eigenvalue weighted by Crippen LogP contribution is -2.23. The predicted molar refractivity (Wildman–Crippen MR) is 90.3 cm³/mol. The number of halogens is 2. The van der Waals surface area contributed by atoms with E-state index >= 15 is 0 Å². The molecular formula is C18H21BrFN. The van der Waals surface area contributed by atoms with Crippen LogP contribution < -0.4 is 5.32 Å². The zero-order chi connectivity index (χ0) is 15.2. The maximum atomic E-state index is 13.2. The second-order valence-corrected chi connectivity index (χ2v) is 6.25. The third kappa shape index (κ3) is 4.65. The molecule has 2 rings (SSSR count). The fraction of sp³-hybridized carbons (Fsp3) is 0.333. The predicted octanol–water partition coefficient (Wildman–Crippen LogP) is 4.83. The molecule has 0 radical (unpaired) electrons. The van der Waals surface area contributed by atoms with Gasteiger partial charge in [-0.15, -0.1) is 0 Å². The van der Waals surface area contributed by atoms with E-state index in [-0.39, 0.29) is 5.82 Å². The van der Waals surface area contributed by atoms with E-state index in [1.807, 2.05) is 19.1 Å². The van der Waals surface area contributed by atoms with E-state index in [1.165, 1.54) is 11.1 Å². The maximum Gasteiger partial charge on any atom is 0.123 e. The highest BCUT2D eigenvalue weighted by Gasteiger charge is 2.14. The molecule has 0 heterocycles. The Morgan fingerprint density at radius 2 is 2.00 bits per heavy atom.